The number of ether oxygens (including phenoxy) is 1. The molecule has 1 aromatic heterocycles. The van der Waals surface area contributed by atoms with Crippen molar-refractivity contribution in [2.75, 3.05) is 5.32 Å². The van der Waals surface area contributed by atoms with Gasteiger partial charge in [0.25, 0.3) is 5.91 Å². The maximum absolute atomic E-state index is 12.7. The average molecular weight is 370 g/mol. The topological polar surface area (TPSA) is 60.3 Å². The highest BCUT2D eigenvalue weighted by Gasteiger charge is 2.15. The number of carbonyl (C=O) groups is 1. The lowest BCUT2D eigenvalue weighted by Crippen LogP contribution is -2.16. The Bertz CT molecular complexity index is 1000. The van der Waals surface area contributed by atoms with E-state index in [0.717, 1.165) is 10.2 Å². The van der Waals surface area contributed by atoms with Crippen LogP contribution in [0.3, 0.4) is 0 Å². The van der Waals surface area contributed by atoms with Crippen LogP contribution in [0.15, 0.2) is 47.3 Å². The van der Waals surface area contributed by atoms with E-state index in [1.165, 1.54) is 11.3 Å². The van der Waals surface area contributed by atoms with Crippen molar-refractivity contribution in [3.63, 3.8) is 0 Å². The van der Waals surface area contributed by atoms with Gasteiger partial charge in [0.1, 0.15) is 5.75 Å². The van der Waals surface area contributed by atoms with Gasteiger partial charge in [0.05, 0.1) is 21.9 Å². The van der Waals surface area contributed by atoms with Gasteiger partial charge in [-0.05, 0) is 58.0 Å². The van der Waals surface area contributed by atoms with Crippen molar-refractivity contribution in [1.82, 2.24) is 4.57 Å². The van der Waals surface area contributed by atoms with Gasteiger partial charge in [0, 0.05) is 11.7 Å². The molecule has 3 rings (SSSR count). The molecule has 136 valence electrons. The standard InChI is InChI=1S/C20H22N2O3S/c1-12(2)22-16-10-9-14(11-18(16)26-20(22)24)21-19(23)15-7-5-6-8-17(15)25-13(3)4/h5-13H,1-4H3,(H,21,23). The van der Waals surface area contributed by atoms with E-state index in [-0.39, 0.29) is 22.9 Å². The molecular formula is C20H22N2O3S. The van der Waals surface area contributed by atoms with Crippen molar-refractivity contribution in [2.45, 2.75) is 39.8 Å². The maximum atomic E-state index is 12.7. The fourth-order valence-corrected chi connectivity index (χ4v) is 3.87. The number of para-hydroxylation sites is 1. The first kappa shape index (κ1) is 18.2. The number of nitrogens with one attached hydrogen (secondary N) is 1. The van der Waals surface area contributed by atoms with Crippen LogP contribution in [0, 0.1) is 0 Å². The van der Waals surface area contributed by atoms with E-state index in [4.69, 9.17) is 4.74 Å². The van der Waals surface area contributed by atoms with Crippen LogP contribution in [0.25, 0.3) is 10.2 Å². The number of aromatic nitrogens is 1. The summed E-state index contributed by atoms with van der Waals surface area (Å²) in [5.74, 6) is 0.313. The Morgan fingerprint density at radius 1 is 1.12 bits per heavy atom. The van der Waals surface area contributed by atoms with Gasteiger partial charge in [-0.15, -0.1) is 0 Å². The van der Waals surface area contributed by atoms with Crippen molar-refractivity contribution in [2.24, 2.45) is 0 Å². The Kier molecular flexibility index (Phi) is 5.13. The molecule has 0 saturated carbocycles. The summed E-state index contributed by atoms with van der Waals surface area (Å²) in [5.41, 5.74) is 2.02. The monoisotopic (exact) mass is 370 g/mol. The van der Waals surface area contributed by atoms with Gasteiger partial charge in [-0.3, -0.25) is 14.2 Å². The Labute approximate surface area is 156 Å². The molecule has 0 fully saturated rings. The first-order chi connectivity index (χ1) is 12.4. The maximum Gasteiger partial charge on any atom is 0.308 e. The summed E-state index contributed by atoms with van der Waals surface area (Å²) in [5, 5.41) is 2.90. The molecule has 0 saturated heterocycles. The number of fused-ring (bicyclic) bond motifs is 1. The Morgan fingerprint density at radius 3 is 2.54 bits per heavy atom. The molecule has 6 heteroatoms. The van der Waals surface area contributed by atoms with E-state index < -0.39 is 0 Å². The van der Waals surface area contributed by atoms with Gasteiger partial charge in [-0.1, -0.05) is 23.5 Å². The Balaban J connectivity index is 1.90. The second-order valence-electron chi connectivity index (χ2n) is 6.63. The van der Waals surface area contributed by atoms with E-state index in [2.05, 4.69) is 5.32 Å². The average Bonchev–Trinajstić information content (AvgIpc) is 2.89. The van der Waals surface area contributed by atoms with Crippen LogP contribution < -0.4 is 14.9 Å². The fourth-order valence-electron chi connectivity index (χ4n) is 2.81. The van der Waals surface area contributed by atoms with Crippen LogP contribution in [0.1, 0.15) is 44.1 Å². The number of carbonyl (C=O) groups excluding carboxylic acids is 1. The summed E-state index contributed by atoms with van der Waals surface area (Å²) in [6.07, 6.45) is -0.0200. The molecule has 1 N–H and O–H groups in total. The summed E-state index contributed by atoms with van der Waals surface area (Å²) in [4.78, 5) is 24.8. The summed E-state index contributed by atoms with van der Waals surface area (Å²) < 4.78 is 8.33. The molecule has 1 amide bonds. The molecule has 0 radical (unpaired) electrons. The first-order valence-corrected chi connectivity index (χ1v) is 9.40. The molecule has 2 aromatic carbocycles. The van der Waals surface area contributed by atoms with Gasteiger partial charge in [-0.2, -0.15) is 0 Å². The fraction of sp³-hybridized carbons (Fsp3) is 0.300. The molecule has 5 nitrogen and oxygen atoms in total. The number of rotatable bonds is 5. The zero-order valence-corrected chi connectivity index (χ0v) is 16.1. The third-order valence-electron chi connectivity index (χ3n) is 3.88. The third-order valence-corrected chi connectivity index (χ3v) is 4.80. The molecule has 3 aromatic rings. The van der Waals surface area contributed by atoms with E-state index in [9.17, 15) is 9.59 Å². The minimum atomic E-state index is -0.240. The first-order valence-electron chi connectivity index (χ1n) is 8.59. The molecule has 0 aliphatic heterocycles. The quantitative estimate of drug-likeness (QED) is 0.709. The van der Waals surface area contributed by atoms with Gasteiger partial charge >= 0.3 is 4.87 Å². The Hall–Kier alpha value is -2.60. The molecule has 1 heterocycles. The third kappa shape index (κ3) is 3.65. The normalized spacial score (nSPS) is 11.3. The summed E-state index contributed by atoms with van der Waals surface area (Å²) in [6.45, 7) is 7.80. The van der Waals surface area contributed by atoms with Crippen LogP contribution in [0.4, 0.5) is 5.69 Å². The largest absolute Gasteiger partial charge is 0.490 e. The zero-order chi connectivity index (χ0) is 18.8. The Morgan fingerprint density at radius 2 is 1.85 bits per heavy atom. The van der Waals surface area contributed by atoms with Gasteiger partial charge in [0.2, 0.25) is 0 Å². The van der Waals surface area contributed by atoms with Gasteiger partial charge in [0.15, 0.2) is 0 Å². The van der Waals surface area contributed by atoms with E-state index in [1.807, 2.05) is 52.0 Å². The van der Waals surface area contributed by atoms with E-state index >= 15 is 0 Å². The second kappa shape index (κ2) is 7.33. The number of amides is 1. The number of nitrogens with zero attached hydrogens (tertiary/aromatic N) is 1. The van der Waals surface area contributed by atoms with Crippen molar-refractivity contribution in [1.29, 1.82) is 0 Å². The van der Waals surface area contributed by atoms with Crippen molar-refractivity contribution >= 4 is 33.1 Å². The zero-order valence-electron chi connectivity index (χ0n) is 15.3. The minimum Gasteiger partial charge on any atom is -0.490 e. The van der Waals surface area contributed by atoms with Gasteiger partial charge in [-0.25, -0.2) is 0 Å². The van der Waals surface area contributed by atoms with Crippen molar-refractivity contribution < 1.29 is 9.53 Å². The molecule has 0 atom stereocenters. The van der Waals surface area contributed by atoms with Crippen LogP contribution in [0.2, 0.25) is 0 Å². The summed E-state index contributed by atoms with van der Waals surface area (Å²) >= 11 is 1.19. The second-order valence-corrected chi connectivity index (χ2v) is 7.62. The predicted octanol–water partition coefficient (Wildman–Crippen LogP) is 4.68. The molecule has 26 heavy (non-hydrogen) atoms. The number of hydrogen-bond acceptors (Lipinski definition) is 4. The van der Waals surface area contributed by atoms with Crippen LogP contribution in [-0.2, 0) is 0 Å². The predicted molar refractivity (Wildman–Crippen MR) is 107 cm³/mol. The SMILES string of the molecule is CC(C)Oc1ccccc1C(=O)Nc1ccc2c(c1)sc(=O)n2C(C)C. The lowest BCUT2D eigenvalue weighted by Gasteiger charge is -2.14. The minimum absolute atomic E-state index is 0.00848. The molecule has 0 aliphatic rings. The highest BCUT2D eigenvalue weighted by atomic mass is 32.1. The molecular weight excluding hydrogens is 348 g/mol. The highest BCUT2D eigenvalue weighted by Crippen LogP contribution is 2.26. The lowest BCUT2D eigenvalue weighted by molar-refractivity contribution is 0.102. The lowest BCUT2D eigenvalue weighted by atomic mass is 10.1. The highest BCUT2D eigenvalue weighted by molar-refractivity contribution is 7.16. The van der Waals surface area contributed by atoms with Gasteiger partial charge < -0.3 is 10.1 Å². The molecule has 0 unspecified atom stereocenters. The van der Waals surface area contributed by atoms with Crippen LogP contribution in [-0.4, -0.2) is 16.6 Å². The van der Waals surface area contributed by atoms with Crippen LogP contribution >= 0.6 is 11.3 Å². The number of thiazole rings is 1. The van der Waals surface area contributed by atoms with E-state index in [0.29, 0.717) is 17.0 Å². The van der Waals surface area contributed by atoms with Crippen LogP contribution in [0.5, 0.6) is 5.75 Å². The smallest absolute Gasteiger partial charge is 0.308 e. The molecule has 0 spiro atoms. The molecule has 0 aliphatic carbocycles. The van der Waals surface area contributed by atoms with Crippen molar-refractivity contribution in [3.05, 3.63) is 57.7 Å². The summed E-state index contributed by atoms with van der Waals surface area (Å²) in [7, 11) is 0. The number of hydrogen-bond donors (Lipinski definition) is 1. The molecule has 0 bridgehead atoms. The summed E-state index contributed by atoms with van der Waals surface area (Å²) in [6, 6.07) is 12.8. The van der Waals surface area contributed by atoms with E-state index in [1.54, 1.807) is 22.8 Å². The number of benzene rings is 2. The van der Waals surface area contributed by atoms with Crippen molar-refractivity contribution in [3.8, 4) is 5.75 Å². The number of anilines is 1.